The quantitative estimate of drug-likeness (QED) is 0.0342. The third kappa shape index (κ3) is 19.1. The van der Waals surface area contributed by atoms with Gasteiger partial charge in [0.05, 0.1) is 19.3 Å². The Bertz CT molecular complexity index is 1520. The predicted octanol–water partition coefficient (Wildman–Crippen LogP) is -2.63. The number of rotatable bonds is 29. The van der Waals surface area contributed by atoms with Crippen LogP contribution in [-0.4, -0.2) is 154 Å². The second-order valence-electron chi connectivity index (χ2n) is 15.9. The SMILES string of the molecule is CC[C@H](C)[C@H](NC(=O)[C@@H](NC(=O)[C@@H](N)CCSC)[C@@H](C)CC)C(=O)N[C@H](C(=O)N[C@@H](CO)C(=O)N[C@@H](CO)C(=O)N[C@@H](CS)C(=O)N[C@@H](C)C(=O)N[C@H](C(=O)O)C(C)C)C(C)C. The molecule has 11 atom stereocenters. The number of carbonyl (C=O) groups is 9. The van der Waals surface area contributed by atoms with E-state index in [4.69, 9.17) is 5.73 Å². The molecule has 0 aliphatic heterocycles. The number of aliphatic hydroxyl groups excluding tert-OH is 2. The minimum absolute atomic E-state index is 0.302. The van der Waals surface area contributed by atoms with Gasteiger partial charge in [-0.25, -0.2) is 4.79 Å². The van der Waals surface area contributed by atoms with Crippen molar-refractivity contribution in [1.82, 2.24) is 42.5 Å². The maximum absolute atomic E-state index is 13.8. The Balaban J connectivity index is 5.91. The summed E-state index contributed by atoms with van der Waals surface area (Å²) in [7, 11) is 0. The minimum atomic E-state index is -1.71. The van der Waals surface area contributed by atoms with Crippen LogP contribution in [0.4, 0.5) is 0 Å². The number of nitrogens with one attached hydrogen (secondary N) is 8. The number of nitrogens with two attached hydrogens (primary N) is 1. The Kier molecular flexibility index (Phi) is 27.3. The van der Waals surface area contributed by atoms with E-state index in [0.29, 0.717) is 25.0 Å². The molecule has 0 rings (SSSR count). The van der Waals surface area contributed by atoms with Crippen LogP contribution in [0.1, 0.15) is 81.6 Å². The predicted molar refractivity (Wildman–Crippen MR) is 236 cm³/mol. The Morgan fingerprint density at radius 1 is 0.532 bits per heavy atom. The van der Waals surface area contributed by atoms with Crippen molar-refractivity contribution >= 4 is 77.6 Å². The van der Waals surface area contributed by atoms with Crippen molar-refractivity contribution in [3.05, 3.63) is 0 Å². The first kappa shape index (κ1) is 57.8. The highest BCUT2D eigenvalue weighted by atomic mass is 32.2. The molecule has 0 heterocycles. The number of hydrogen-bond donors (Lipinski definition) is 13. The molecule has 0 aliphatic rings. The van der Waals surface area contributed by atoms with E-state index in [0.717, 1.165) is 0 Å². The Hall–Kier alpha value is -4.19. The monoisotopic (exact) mass is 921 g/mol. The van der Waals surface area contributed by atoms with Crippen LogP contribution in [0.15, 0.2) is 0 Å². The third-order valence-electron chi connectivity index (χ3n) is 10.2. The fraction of sp³-hybridized carbons (Fsp3) is 0.769. The van der Waals surface area contributed by atoms with Crippen molar-refractivity contribution in [1.29, 1.82) is 0 Å². The van der Waals surface area contributed by atoms with Crippen molar-refractivity contribution < 1.29 is 58.5 Å². The molecule has 0 saturated heterocycles. The van der Waals surface area contributed by atoms with Crippen molar-refractivity contribution in [2.75, 3.05) is 31.0 Å². The van der Waals surface area contributed by atoms with Crippen LogP contribution in [0.25, 0.3) is 0 Å². The highest BCUT2D eigenvalue weighted by Gasteiger charge is 2.37. The smallest absolute Gasteiger partial charge is 0.326 e. The lowest BCUT2D eigenvalue weighted by atomic mass is 9.94. The number of aliphatic carboxylic acids is 1. The lowest BCUT2D eigenvalue weighted by Crippen LogP contribution is -2.63. The number of aliphatic hydroxyl groups is 2. The van der Waals surface area contributed by atoms with E-state index in [9.17, 15) is 58.5 Å². The van der Waals surface area contributed by atoms with E-state index < -0.39 is 139 Å². The van der Waals surface area contributed by atoms with Crippen LogP contribution in [-0.2, 0) is 43.2 Å². The lowest BCUT2D eigenvalue weighted by Gasteiger charge is -2.31. The normalized spacial score (nSPS) is 16.6. The van der Waals surface area contributed by atoms with Crippen LogP contribution in [0.2, 0.25) is 0 Å². The maximum atomic E-state index is 13.8. The number of thioether (sulfide) groups is 1. The largest absolute Gasteiger partial charge is 0.480 e. The molecule has 0 aliphatic carbocycles. The fourth-order valence-electron chi connectivity index (χ4n) is 5.62. The highest BCUT2D eigenvalue weighted by molar-refractivity contribution is 7.98. The number of hydrogen-bond acceptors (Lipinski definition) is 14. The first-order valence-corrected chi connectivity index (χ1v) is 22.7. The maximum Gasteiger partial charge on any atom is 0.326 e. The summed E-state index contributed by atoms with van der Waals surface area (Å²) in [6, 6.07) is -11.6. The molecule has 0 aromatic heterocycles. The van der Waals surface area contributed by atoms with Gasteiger partial charge in [-0.2, -0.15) is 24.4 Å². The van der Waals surface area contributed by atoms with Crippen LogP contribution >= 0.6 is 24.4 Å². The average Bonchev–Trinajstić information content (AvgIpc) is 3.22. The average molecular weight is 922 g/mol. The summed E-state index contributed by atoms with van der Waals surface area (Å²) in [5.74, 6) is -9.40. The van der Waals surface area contributed by atoms with Crippen LogP contribution in [0, 0.1) is 23.7 Å². The number of amides is 8. The zero-order valence-electron chi connectivity index (χ0n) is 37.4. The Morgan fingerprint density at radius 2 is 0.903 bits per heavy atom. The molecule has 62 heavy (non-hydrogen) atoms. The second-order valence-corrected chi connectivity index (χ2v) is 17.2. The molecule has 0 unspecified atom stereocenters. The van der Waals surface area contributed by atoms with Gasteiger partial charge in [0.1, 0.15) is 48.3 Å². The molecular formula is C39H71N9O12S2. The number of carbonyl (C=O) groups excluding carboxylic acids is 8. The van der Waals surface area contributed by atoms with E-state index in [-0.39, 0.29) is 11.7 Å². The fourth-order valence-corrected chi connectivity index (χ4v) is 6.37. The Morgan fingerprint density at radius 3 is 1.29 bits per heavy atom. The van der Waals surface area contributed by atoms with Crippen molar-refractivity contribution in [3.8, 4) is 0 Å². The molecule has 23 heteroatoms. The van der Waals surface area contributed by atoms with Gasteiger partial charge in [0.25, 0.3) is 0 Å². The number of thiol groups is 1. The molecule has 356 valence electrons. The van der Waals surface area contributed by atoms with E-state index in [1.807, 2.05) is 13.2 Å². The van der Waals surface area contributed by atoms with Crippen molar-refractivity contribution in [3.63, 3.8) is 0 Å². The topological polar surface area (TPSA) is 337 Å². The zero-order valence-corrected chi connectivity index (χ0v) is 39.1. The summed E-state index contributed by atoms with van der Waals surface area (Å²) in [4.78, 5) is 117. The van der Waals surface area contributed by atoms with Gasteiger partial charge >= 0.3 is 5.97 Å². The van der Waals surface area contributed by atoms with E-state index in [2.05, 4.69) is 55.2 Å². The molecule has 0 bridgehead atoms. The van der Waals surface area contributed by atoms with E-state index >= 15 is 0 Å². The van der Waals surface area contributed by atoms with Crippen LogP contribution in [0.3, 0.4) is 0 Å². The van der Waals surface area contributed by atoms with Gasteiger partial charge in [0, 0.05) is 5.75 Å². The van der Waals surface area contributed by atoms with Crippen LogP contribution in [0.5, 0.6) is 0 Å². The first-order chi connectivity index (χ1) is 28.9. The van der Waals surface area contributed by atoms with Crippen molar-refractivity contribution in [2.45, 2.75) is 136 Å². The second kappa shape index (κ2) is 29.2. The Labute approximate surface area is 373 Å². The van der Waals surface area contributed by atoms with Gasteiger partial charge in [0.15, 0.2) is 0 Å². The molecule has 0 spiro atoms. The van der Waals surface area contributed by atoms with Gasteiger partial charge in [-0.1, -0.05) is 68.2 Å². The summed E-state index contributed by atoms with van der Waals surface area (Å²) < 4.78 is 0. The first-order valence-electron chi connectivity index (χ1n) is 20.7. The summed E-state index contributed by atoms with van der Waals surface area (Å²) in [5.41, 5.74) is 6.04. The number of carboxylic acid groups (broad SMARTS) is 1. The molecule has 21 nitrogen and oxygen atoms in total. The standard InChI is InChI=1S/C39H71N9O12S2/c1-11-20(7)29(47-32(52)23(40)13-14-62-10)38(58)48-30(21(8)12-2)37(57)45-27(18(3)4)36(56)43-25(16-50)33(53)42-24(15-49)34(54)44-26(17-61)35(55)41-22(9)31(51)46-28(19(5)6)39(59)60/h18-30,49-50,61H,11-17,40H2,1-10H3,(H,41,55)(H,42,53)(H,43,56)(H,44,54)(H,45,57)(H,46,51)(H,47,52)(H,48,58)(H,59,60)/t20-,21-,22-,23-,24-,25-,26-,27-,28-,29-,30-/m0/s1. The van der Waals surface area contributed by atoms with E-state index in [1.165, 1.54) is 18.7 Å². The molecule has 0 radical (unpaired) electrons. The summed E-state index contributed by atoms with van der Waals surface area (Å²) in [6.07, 6.45) is 3.23. The molecule has 0 saturated carbocycles. The molecular weight excluding hydrogens is 851 g/mol. The minimum Gasteiger partial charge on any atom is -0.480 e. The van der Waals surface area contributed by atoms with Gasteiger partial charge in [-0.3, -0.25) is 38.4 Å². The van der Waals surface area contributed by atoms with E-state index in [1.54, 1.807) is 48.5 Å². The molecule has 0 aromatic carbocycles. The van der Waals surface area contributed by atoms with Gasteiger partial charge in [-0.15, -0.1) is 0 Å². The van der Waals surface area contributed by atoms with Gasteiger partial charge in [-0.05, 0) is 49.0 Å². The van der Waals surface area contributed by atoms with Gasteiger partial charge < -0.3 is 63.6 Å². The van der Waals surface area contributed by atoms with Gasteiger partial charge in [0.2, 0.25) is 47.3 Å². The summed E-state index contributed by atoms with van der Waals surface area (Å²) in [5, 5.41) is 49.0. The summed E-state index contributed by atoms with van der Waals surface area (Å²) >= 11 is 5.59. The molecule has 8 amide bonds. The summed E-state index contributed by atoms with van der Waals surface area (Å²) in [6.45, 7) is 12.8. The molecule has 0 fully saturated rings. The van der Waals surface area contributed by atoms with Crippen molar-refractivity contribution in [2.24, 2.45) is 29.4 Å². The number of carboxylic acids is 1. The zero-order chi connectivity index (χ0) is 48.0. The molecule has 13 N–H and O–H groups in total. The highest BCUT2D eigenvalue weighted by Crippen LogP contribution is 2.14. The van der Waals surface area contributed by atoms with Crippen LogP contribution < -0.4 is 48.3 Å². The lowest BCUT2D eigenvalue weighted by molar-refractivity contribution is -0.143. The third-order valence-corrected chi connectivity index (χ3v) is 11.2. The molecule has 0 aromatic rings.